The molecule has 2 aromatic heterocycles. The van der Waals surface area contributed by atoms with Crippen molar-refractivity contribution >= 4 is 17.2 Å². The Bertz CT molecular complexity index is 995. The topological polar surface area (TPSA) is 94.5 Å². The molecule has 0 saturated heterocycles. The van der Waals surface area contributed by atoms with Gasteiger partial charge in [0.25, 0.3) is 5.91 Å². The predicted molar refractivity (Wildman–Crippen MR) is 99.4 cm³/mol. The summed E-state index contributed by atoms with van der Waals surface area (Å²) in [5.74, 6) is 0.580. The Morgan fingerprint density at radius 2 is 2.11 bits per heavy atom. The molecule has 1 aromatic carbocycles. The van der Waals surface area contributed by atoms with E-state index in [2.05, 4.69) is 15.4 Å². The first kappa shape index (κ1) is 17.3. The monoisotopic (exact) mass is 369 g/mol. The van der Waals surface area contributed by atoms with Crippen molar-refractivity contribution in [3.05, 3.63) is 42.2 Å². The van der Waals surface area contributed by atoms with Gasteiger partial charge in [-0.05, 0) is 37.0 Å². The highest BCUT2D eigenvalue weighted by atomic mass is 19.1. The second kappa shape index (κ2) is 6.53. The first-order valence-electron chi connectivity index (χ1n) is 8.74. The summed E-state index contributed by atoms with van der Waals surface area (Å²) in [6.07, 6.45) is 3.27. The van der Waals surface area contributed by atoms with Crippen LogP contribution >= 0.6 is 0 Å². The molecular weight excluding hydrogens is 349 g/mol. The van der Waals surface area contributed by atoms with E-state index in [-0.39, 0.29) is 12.5 Å². The Kier molecular flexibility index (Phi) is 4.18. The summed E-state index contributed by atoms with van der Waals surface area (Å²) in [5.41, 5.74) is 7.52. The van der Waals surface area contributed by atoms with E-state index in [0.29, 0.717) is 35.6 Å². The number of benzene rings is 1. The number of amides is 1. The number of carbonyl (C=O) groups excluding carboxylic acids is 1. The third-order valence-corrected chi connectivity index (χ3v) is 5.03. The minimum absolute atomic E-state index is 0.0583. The fourth-order valence-corrected chi connectivity index (χ4v) is 3.28. The zero-order valence-electron chi connectivity index (χ0n) is 14.9. The lowest BCUT2D eigenvalue weighted by Gasteiger charge is -2.33. The van der Waals surface area contributed by atoms with E-state index >= 15 is 0 Å². The molecule has 4 rings (SSSR count). The van der Waals surface area contributed by atoms with Crippen molar-refractivity contribution in [2.24, 2.45) is 0 Å². The largest absolute Gasteiger partial charge is 0.481 e. The molecule has 1 aliphatic carbocycles. The van der Waals surface area contributed by atoms with E-state index in [0.717, 1.165) is 17.5 Å². The second-order valence-corrected chi connectivity index (χ2v) is 6.77. The van der Waals surface area contributed by atoms with Crippen LogP contribution in [-0.4, -0.2) is 39.8 Å². The van der Waals surface area contributed by atoms with E-state index in [9.17, 15) is 9.18 Å². The summed E-state index contributed by atoms with van der Waals surface area (Å²) in [6.45, 7) is 0.0583. The average molecular weight is 369 g/mol. The van der Waals surface area contributed by atoms with Gasteiger partial charge in [-0.1, -0.05) is 12.1 Å². The normalized spacial score (nSPS) is 15.3. The molecule has 2 heterocycles. The fourth-order valence-electron chi connectivity index (χ4n) is 3.28. The number of ether oxygens (including phenoxy) is 1. The number of nitrogens with one attached hydrogen (secondary N) is 1. The highest BCUT2D eigenvalue weighted by Gasteiger charge is 2.37. The summed E-state index contributed by atoms with van der Waals surface area (Å²) in [5, 5.41) is 6.84. The highest BCUT2D eigenvalue weighted by molar-refractivity contribution is 5.95. The molecule has 1 fully saturated rings. The third-order valence-electron chi connectivity index (χ3n) is 5.03. The van der Waals surface area contributed by atoms with E-state index < -0.39 is 5.67 Å². The predicted octanol–water partition coefficient (Wildman–Crippen LogP) is 2.61. The van der Waals surface area contributed by atoms with Gasteiger partial charge in [0.2, 0.25) is 5.88 Å². The van der Waals surface area contributed by atoms with Crippen LogP contribution in [0.15, 0.2) is 36.7 Å². The number of fused-ring (bicyclic) bond motifs is 1. The Labute approximate surface area is 155 Å². The van der Waals surface area contributed by atoms with Gasteiger partial charge in [-0.25, -0.2) is 9.37 Å². The molecule has 3 aromatic rings. The number of hydrogen-bond acceptors (Lipinski definition) is 5. The first-order chi connectivity index (χ1) is 13.0. The second-order valence-electron chi connectivity index (χ2n) is 6.77. The molecule has 0 spiro atoms. The molecule has 1 aliphatic rings. The molecule has 1 saturated carbocycles. The van der Waals surface area contributed by atoms with E-state index in [1.54, 1.807) is 23.8 Å². The van der Waals surface area contributed by atoms with Gasteiger partial charge in [0.05, 0.1) is 13.7 Å². The quantitative estimate of drug-likeness (QED) is 0.721. The zero-order valence-corrected chi connectivity index (χ0v) is 14.9. The maximum absolute atomic E-state index is 14.0. The smallest absolute Gasteiger partial charge is 0.251 e. The lowest BCUT2D eigenvalue weighted by molar-refractivity contribution is 0.0577. The maximum atomic E-state index is 14.0. The number of alkyl halides is 1. The average Bonchev–Trinajstić information content (AvgIpc) is 3.05. The van der Waals surface area contributed by atoms with Gasteiger partial charge in [0.1, 0.15) is 17.5 Å². The van der Waals surface area contributed by atoms with Gasteiger partial charge in [0, 0.05) is 17.2 Å². The molecule has 7 nitrogen and oxygen atoms in total. The fraction of sp³-hybridized carbons (Fsp3) is 0.316. The molecule has 0 radical (unpaired) electrons. The Morgan fingerprint density at radius 3 is 2.74 bits per heavy atom. The summed E-state index contributed by atoms with van der Waals surface area (Å²) in [7, 11) is 1.55. The molecular formula is C19H20FN5O2. The summed E-state index contributed by atoms with van der Waals surface area (Å²) in [6, 6.07) is 8.84. The number of nitrogens with zero attached hydrogens (tertiary/aromatic N) is 3. The molecule has 27 heavy (non-hydrogen) atoms. The van der Waals surface area contributed by atoms with E-state index in [4.69, 9.17) is 10.5 Å². The molecule has 8 heteroatoms. The molecule has 1 amide bonds. The lowest BCUT2D eigenvalue weighted by Crippen LogP contribution is -2.44. The van der Waals surface area contributed by atoms with Crippen molar-refractivity contribution in [2.45, 2.75) is 24.9 Å². The maximum Gasteiger partial charge on any atom is 0.251 e. The Hall–Kier alpha value is -3.16. The van der Waals surface area contributed by atoms with Crippen LogP contribution in [0.5, 0.6) is 5.88 Å². The van der Waals surface area contributed by atoms with Crippen molar-refractivity contribution in [1.29, 1.82) is 0 Å². The summed E-state index contributed by atoms with van der Waals surface area (Å²) in [4.78, 5) is 16.3. The van der Waals surface area contributed by atoms with Gasteiger partial charge in [-0.3, -0.25) is 4.79 Å². The van der Waals surface area contributed by atoms with Crippen LogP contribution in [0.1, 0.15) is 29.6 Å². The zero-order chi connectivity index (χ0) is 19.0. The number of halogens is 1. The Morgan fingerprint density at radius 1 is 1.37 bits per heavy atom. The number of aromatic nitrogens is 3. The molecule has 140 valence electrons. The van der Waals surface area contributed by atoms with Gasteiger partial charge >= 0.3 is 0 Å². The number of rotatable bonds is 5. The molecule has 3 N–H and O–H groups in total. The number of carbonyl (C=O) groups is 1. The SMILES string of the molecule is COc1cc(-c2ccc(C(=O)NCC3(F)CCC3)cc2)c2c(N)ncnn12. The number of hydrogen-bond donors (Lipinski definition) is 2. The van der Waals surface area contributed by atoms with Crippen molar-refractivity contribution in [3.63, 3.8) is 0 Å². The molecule has 0 aliphatic heterocycles. The van der Waals surface area contributed by atoms with Gasteiger partial charge < -0.3 is 15.8 Å². The molecule has 0 unspecified atom stereocenters. The van der Waals surface area contributed by atoms with Crippen LogP contribution in [0, 0.1) is 0 Å². The van der Waals surface area contributed by atoms with Crippen molar-refractivity contribution < 1.29 is 13.9 Å². The number of anilines is 1. The number of nitrogen functional groups attached to an aromatic ring is 1. The van der Waals surface area contributed by atoms with E-state index in [1.165, 1.54) is 6.33 Å². The van der Waals surface area contributed by atoms with Crippen molar-refractivity contribution in [3.8, 4) is 17.0 Å². The number of methoxy groups -OCH3 is 1. The van der Waals surface area contributed by atoms with Gasteiger partial charge in [-0.15, -0.1) is 0 Å². The van der Waals surface area contributed by atoms with Crippen LogP contribution in [0.3, 0.4) is 0 Å². The summed E-state index contributed by atoms with van der Waals surface area (Å²) >= 11 is 0. The number of nitrogens with two attached hydrogens (primary N) is 1. The van der Waals surface area contributed by atoms with Crippen LogP contribution in [0.4, 0.5) is 10.2 Å². The third kappa shape index (κ3) is 3.07. The minimum Gasteiger partial charge on any atom is -0.481 e. The first-order valence-corrected chi connectivity index (χ1v) is 8.74. The van der Waals surface area contributed by atoms with Crippen LogP contribution in [-0.2, 0) is 0 Å². The van der Waals surface area contributed by atoms with Crippen LogP contribution in [0.25, 0.3) is 16.6 Å². The standard InChI is InChI=1S/C19H20FN5O2/c1-27-15-9-14(16-17(21)23-11-24-25(15)16)12-3-5-13(6-4-12)18(26)22-10-19(20)7-2-8-19/h3-6,9,11H,2,7-8,10H2,1H3,(H,22,26)(H2,21,23,24). The molecule has 0 atom stereocenters. The van der Waals surface area contributed by atoms with Crippen molar-refractivity contribution in [2.75, 3.05) is 19.4 Å². The van der Waals surface area contributed by atoms with Crippen LogP contribution < -0.4 is 15.8 Å². The van der Waals surface area contributed by atoms with Crippen LogP contribution in [0.2, 0.25) is 0 Å². The van der Waals surface area contributed by atoms with E-state index in [1.807, 2.05) is 18.2 Å². The molecule has 0 bridgehead atoms. The Balaban J connectivity index is 1.59. The lowest BCUT2D eigenvalue weighted by atomic mass is 9.82. The highest BCUT2D eigenvalue weighted by Crippen LogP contribution is 2.35. The van der Waals surface area contributed by atoms with Gasteiger partial charge in [0.15, 0.2) is 5.82 Å². The van der Waals surface area contributed by atoms with Crippen molar-refractivity contribution in [1.82, 2.24) is 19.9 Å². The van der Waals surface area contributed by atoms with Gasteiger partial charge in [-0.2, -0.15) is 9.61 Å². The minimum atomic E-state index is -1.24. The summed E-state index contributed by atoms with van der Waals surface area (Å²) < 4.78 is 21.0.